The summed E-state index contributed by atoms with van der Waals surface area (Å²) in [7, 11) is 1.41. The number of carbonyl (C=O) groups excluding carboxylic acids is 1. The number of hydrogen-bond donors (Lipinski definition) is 1. The van der Waals surface area contributed by atoms with Gasteiger partial charge in [0.15, 0.2) is 0 Å². The third-order valence-electron chi connectivity index (χ3n) is 3.84. The second-order valence-electron chi connectivity index (χ2n) is 5.39. The van der Waals surface area contributed by atoms with Gasteiger partial charge in [-0.25, -0.2) is 0 Å². The summed E-state index contributed by atoms with van der Waals surface area (Å²) >= 11 is 0. The summed E-state index contributed by atoms with van der Waals surface area (Å²) in [4.78, 5) is 30.0. The molecule has 0 saturated carbocycles. The number of nitrogens with one attached hydrogen (secondary N) is 1. The Hall–Kier alpha value is -3.08. The maximum absolute atomic E-state index is 12.5. The topological polar surface area (TPSA) is 60.3 Å². The first-order valence-electron chi connectivity index (χ1n) is 7.72. The fourth-order valence-corrected chi connectivity index (χ4v) is 2.63. The Bertz CT molecular complexity index is 917. The Morgan fingerprint density at radius 2 is 1.79 bits per heavy atom. The predicted molar refractivity (Wildman–Crippen MR) is 93.2 cm³/mol. The Morgan fingerprint density at radius 3 is 2.54 bits per heavy atom. The molecule has 0 spiro atoms. The Kier molecular flexibility index (Phi) is 4.61. The highest BCUT2D eigenvalue weighted by Crippen LogP contribution is 2.12. The Balaban J connectivity index is 1.82. The van der Waals surface area contributed by atoms with Crippen LogP contribution in [0.2, 0.25) is 0 Å². The number of amides is 1. The number of benzene rings is 2. The first-order valence-corrected chi connectivity index (χ1v) is 7.72. The number of hydrogen-bond acceptors (Lipinski definition) is 3. The van der Waals surface area contributed by atoms with Crippen LogP contribution in [0, 0.1) is 0 Å². The monoisotopic (exact) mass is 322 g/mol. The molecule has 0 aliphatic rings. The van der Waals surface area contributed by atoms with Crippen LogP contribution in [-0.4, -0.2) is 24.3 Å². The summed E-state index contributed by atoms with van der Waals surface area (Å²) in [6.45, 7) is 0.460. The molecule has 122 valence electrons. The molecule has 3 rings (SSSR count). The lowest BCUT2D eigenvalue weighted by molar-refractivity contribution is 0.0946. The minimum absolute atomic E-state index is 0.0728. The summed E-state index contributed by atoms with van der Waals surface area (Å²) in [5, 5.41) is 3.57. The van der Waals surface area contributed by atoms with Crippen molar-refractivity contribution in [2.45, 2.75) is 6.42 Å². The molecule has 0 bridgehead atoms. The van der Waals surface area contributed by atoms with Gasteiger partial charge in [0, 0.05) is 11.9 Å². The van der Waals surface area contributed by atoms with Gasteiger partial charge in [0.05, 0.1) is 5.52 Å². The van der Waals surface area contributed by atoms with Crippen LogP contribution in [0.4, 0.5) is 0 Å². The van der Waals surface area contributed by atoms with Gasteiger partial charge >= 0.3 is 0 Å². The van der Waals surface area contributed by atoms with Crippen LogP contribution in [0.15, 0.2) is 65.5 Å². The van der Waals surface area contributed by atoms with E-state index in [1.807, 2.05) is 48.5 Å². The standard InChI is InChI=1S/C19H18N2O3/c1-24-21-17-10-6-5-9-15(17)13-16(19(21)23)18(22)20-12-11-14-7-3-2-4-8-14/h2-10,13H,11-12H2,1H3,(H,20,22). The first-order chi connectivity index (χ1) is 11.7. The van der Waals surface area contributed by atoms with E-state index in [2.05, 4.69) is 5.32 Å². The smallest absolute Gasteiger partial charge is 0.296 e. The second-order valence-corrected chi connectivity index (χ2v) is 5.39. The van der Waals surface area contributed by atoms with Crippen molar-refractivity contribution in [3.8, 4) is 0 Å². The maximum Gasteiger partial charge on any atom is 0.296 e. The van der Waals surface area contributed by atoms with E-state index in [1.54, 1.807) is 12.1 Å². The van der Waals surface area contributed by atoms with E-state index < -0.39 is 11.5 Å². The zero-order valence-electron chi connectivity index (χ0n) is 13.4. The average molecular weight is 322 g/mol. The van der Waals surface area contributed by atoms with Gasteiger partial charge < -0.3 is 10.2 Å². The van der Waals surface area contributed by atoms with Gasteiger partial charge in [0.25, 0.3) is 11.5 Å². The molecule has 0 saturated heterocycles. The fraction of sp³-hybridized carbons (Fsp3) is 0.158. The second kappa shape index (κ2) is 7.00. The third-order valence-corrected chi connectivity index (χ3v) is 3.84. The molecule has 5 nitrogen and oxygen atoms in total. The highest BCUT2D eigenvalue weighted by molar-refractivity contribution is 5.97. The highest BCUT2D eigenvalue weighted by atomic mass is 16.6. The summed E-state index contributed by atoms with van der Waals surface area (Å²) in [6, 6.07) is 18.7. The van der Waals surface area contributed by atoms with E-state index >= 15 is 0 Å². The van der Waals surface area contributed by atoms with Crippen LogP contribution in [0.3, 0.4) is 0 Å². The van der Waals surface area contributed by atoms with Gasteiger partial charge in [-0.2, -0.15) is 0 Å². The lowest BCUT2D eigenvalue weighted by atomic mass is 10.1. The van der Waals surface area contributed by atoms with Crippen LogP contribution < -0.4 is 15.7 Å². The number of rotatable bonds is 5. The van der Waals surface area contributed by atoms with Gasteiger partial charge in [-0.05, 0) is 24.1 Å². The molecule has 1 heterocycles. The number of aromatic nitrogens is 1. The normalized spacial score (nSPS) is 10.5. The fourth-order valence-electron chi connectivity index (χ4n) is 2.63. The lowest BCUT2D eigenvalue weighted by Gasteiger charge is -2.11. The molecular formula is C19H18N2O3. The van der Waals surface area contributed by atoms with E-state index in [0.717, 1.165) is 15.7 Å². The molecule has 3 aromatic rings. The molecule has 1 aromatic heterocycles. The summed E-state index contributed by atoms with van der Waals surface area (Å²) in [5.74, 6) is -0.396. The van der Waals surface area contributed by atoms with E-state index in [0.29, 0.717) is 18.5 Å². The van der Waals surface area contributed by atoms with Gasteiger partial charge in [-0.3, -0.25) is 9.59 Å². The molecule has 2 aromatic carbocycles. The quantitative estimate of drug-likeness (QED) is 0.782. The molecule has 0 aliphatic carbocycles. The molecule has 0 atom stereocenters. The average Bonchev–Trinajstić information content (AvgIpc) is 2.62. The zero-order chi connectivity index (χ0) is 16.9. The van der Waals surface area contributed by atoms with Gasteiger partial charge in [0.2, 0.25) is 0 Å². The third kappa shape index (κ3) is 3.15. The van der Waals surface area contributed by atoms with Gasteiger partial charge in [0.1, 0.15) is 12.7 Å². The SMILES string of the molecule is COn1c(=O)c(C(=O)NCCc2ccccc2)cc2ccccc21. The minimum Gasteiger partial charge on any atom is -0.413 e. The molecule has 1 amide bonds. The van der Waals surface area contributed by atoms with Crippen molar-refractivity contribution < 1.29 is 9.63 Å². The minimum atomic E-state index is -0.464. The van der Waals surface area contributed by atoms with Crippen LogP contribution in [0.25, 0.3) is 10.9 Å². The molecule has 1 N–H and O–H groups in total. The summed E-state index contributed by atoms with van der Waals surface area (Å²) in [5.41, 5.74) is 1.37. The van der Waals surface area contributed by atoms with Crippen molar-refractivity contribution in [3.05, 3.63) is 82.1 Å². The number of fused-ring (bicyclic) bond motifs is 1. The number of nitrogens with zero attached hydrogens (tertiary/aromatic N) is 1. The number of carbonyl (C=O) groups is 1. The van der Waals surface area contributed by atoms with E-state index in [-0.39, 0.29) is 5.56 Å². The van der Waals surface area contributed by atoms with Crippen LogP contribution in [0.5, 0.6) is 0 Å². The predicted octanol–water partition coefficient (Wildman–Crippen LogP) is 2.03. The highest BCUT2D eigenvalue weighted by Gasteiger charge is 2.15. The van der Waals surface area contributed by atoms with Crippen molar-refractivity contribution in [1.29, 1.82) is 0 Å². The first kappa shape index (κ1) is 15.8. The van der Waals surface area contributed by atoms with Crippen LogP contribution >= 0.6 is 0 Å². The van der Waals surface area contributed by atoms with E-state index in [1.165, 1.54) is 7.11 Å². The molecule has 24 heavy (non-hydrogen) atoms. The lowest BCUT2D eigenvalue weighted by Crippen LogP contribution is -2.35. The van der Waals surface area contributed by atoms with Gasteiger partial charge in [-0.15, -0.1) is 4.73 Å². The summed E-state index contributed by atoms with van der Waals surface area (Å²) in [6.07, 6.45) is 0.707. The molecule has 0 radical (unpaired) electrons. The van der Waals surface area contributed by atoms with E-state index in [4.69, 9.17) is 4.84 Å². The van der Waals surface area contributed by atoms with E-state index in [9.17, 15) is 9.59 Å². The Labute approximate surface area is 139 Å². The molecular weight excluding hydrogens is 304 g/mol. The van der Waals surface area contributed by atoms with Crippen molar-refractivity contribution in [1.82, 2.24) is 10.0 Å². The number of pyridine rings is 1. The Morgan fingerprint density at radius 1 is 1.08 bits per heavy atom. The van der Waals surface area contributed by atoms with Crippen LogP contribution in [-0.2, 0) is 6.42 Å². The zero-order valence-corrected chi connectivity index (χ0v) is 13.4. The van der Waals surface area contributed by atoms with Crippen molar-refractivity contribution in [2.24, 2.45) is 0 Å². The van der Waals surface area contributed by atoms with Crippen molar-refractivity contribution in [2.75, 3.05) is 13.7 Å². The van der Waals surface area contributed by atoms with Crippen molar-refractivity contribution in [3.63, 3.8) is 0 Å². The van der Waals surface area contributed by atoms with Crippen LogP contribution in [0.1, 0.15) is 15.9 Å². The molecule has 0 unspecified atom stereocenters. The summed E-state index contributed by atoms with van der Waals surface area (Å²) < 4.78 is 1.14. The van der Waals surface area contributed by atoms with Crippen molar-refractivity contribution >= 4 is 16.8 Å². The molecule has 0 aliphatic heterocycles. The molecule has 5 heteroatoms. The largest absolute Gasteiger partial charge is 0.413 e. The molecule has 0 fully saturated rings. The number of para-hydroxylation sites is 1. The maximum atomic E-state index is 12.5. The van der Waals surface area contributed by atoms with Gasteiger partial charge in [-0.1, -0.05) is 48.5 Å².